The van der Waals surface area contributed by atoms with Crippen LogP contribution < -0.4 is 14.8 Å². The van der Waals surface area contributed by atoms with Crippen molar-refractivity contribution in [2.45, 2.75) is 11.3 Å². The third-order valence-electron chi connectivity index (χ3n) is 4.77. The van der Waals surface area contributed by atoms with Gasteiger partial charge < -0.3 is 14.8 Å². The minimum absolute atomic E-state index is 0.0788. The van der Waals surface area contributed by atoms with E-state index in [0.717, 1.165) is 24.3 Å². The minimum Gasteiger partial charge on any atom is -0.495 e. The predicted octanol–water partition coefficient (Wildman–Crippen LogP) is 2.54. The molecule has 0 saturated carbocycles. The highest BCUT2D eigenvalue weighted by atomic mass is 32.2. The lowest BCUT2D eigenvalue weighted by Gasteiger charge is -2.33. The van der Waals surface area contributed by atoms with Gasteiger partial charge in [-0.25, -0.2) is 8.42 Å². The Hall–Kier alpha value is -2.83. The molecule has 0 aliphatic carbocycles. The van der Waals surface area contributed by atoms with Gasteiger partial charge in [0.05, 0.1) is 24.2 Å². The van der Waals surface area contributed by atoms with Crippen LogP contribution in [0.5, 0.6) is 11.5 Å². The number of methoxy groups -OCH3 is 1. The average molecular weight is 473 g/mol. The second-order valence-electron chi connectivity index (χ2n) is 6.95. The second kappa shape index (κ2) is 9.76. The SMILES string of the molecule is COc1ccccc1NC(=O)CN1CCN(S(=O)(=O)c2ccc(OC(F)(F)F)cc2)CC1. The summed E-state index contributed by atoms with van der Waals surface area (Å²) < 4.78 is 72.5. The van der Waals surface area contributed by atoms with Gasteiger partial charge in [0.2, 0.25) is 15.9 Å². The number of para-hydroxylation sites is 2. The normalized spacial score (nSPS) is 15.9. The smallest absolute Gasteiger partial charge is 0.495 e. The molecule has 2 aromatic carbocycles. The standard InChI is InChI=1S/C20H22F3N3O5S/c1-30-18-5-3-2-4-17(18)24-19(27)14-25-10-12-26(13-11-25)32(28,29)16-8-6-15(7-9-16)31-20(21,22)23/h2-9H,10-14H2,1H3,(H,24,27). The molecule has 1 fully saturated rings. The monoisotopic (exact) mass is 473 g/mol. The number of halogens is 3. The molecule has 12 heteroatoms. The molecule has 3 rings (SSSR count). The number of alkyl halides is 3. The first kappa shape index (κ1) is 23.8. The fraction of sp³-hybridized carbons (Fsp3) is 0.350. The lowest BCUT2D eigenvalue weighted by Crippen LogP contribution is -2.50. The molecule has 0 radical (unpaired) electrons. The zero-order chi connectivity index (χ0) is 23.4. The summed E-state index contributed by atoms with van der Waals surface area (Å²) in [5.41, 5.74) is 0.541. The van der Waals surface area contributed by atoms with Crippen molar-refractivity contribution in [3.63, 3.8) is 0 Å². The van der Waals surface area contributed by atoms with Gasteiger partial charge in [0.1, 0.15) is 11.5 Å². The van der Waals surface area contributed by atoms with Crippen molar-refractivity contribution in [3.8, 4) is 11.5 Å². The molecule has 1 aliphatic rings. The van der Waals surface area contributed by atoms with Crippen LogP contribution in [0.1, 0.15) is 0 Å². The van der Waals surface area contributed by atoms with Crippen LogP contribution in [0.25, 0.3) is 0 Å². The molecule has 0 unspecified atom stereocenters. The van der Waals surface area contributed by atoms with Crippen molar-refractivity contribution >= 4 is 21.6 Å². The predicted molar refractivity (Wildman–Crippen MR) is 110 cm³/mol. The fourth-order valence-corrected chi connectivity index (χ4v) is 4.65. The Morgan fingerprint density at radius 3 is 2.25 bits per heavy atom. The molecule has 1 N–H and O–H groups in total. The molecule has 1 heterocycles. The minimum atomic E-state index is -4.85. The molecular weight excluding hydrogens is 451 g/mol. The Labute approximate surface area is 183 Å². The highest BCUT2D eigenvalue weighted by Gasteiger charge is 2.32. The Morgan fingerprint density at radius 2 is 1.66 bits per heavy atom. The van der Waals surface area contributed by atoms with E-state index < -0.39 is 22.1 Å². The summed E-state index contributed by atoms with van der Waals surface area (Å²) in [5, 5.41) is 2.77. The highest BCUT2D eigenvalue weighted by molar-refractivity contribution is 7.89. The molecule has 0 aromatic heterocycles. The number of carbonyl (C=O) groups is 1. The van der Waals surface area contributed by atoms with Gasteiger partial charge in [0.25, 0.3) is 0 Å². The zero-order valence-electron chi connectivity index (χ0n) is 17.1. The van der Waals surface area contributed by atoms with Gasteiger partial charge in [-0.05, 0) is 36.4 Å². The number of anilines is 1. The topological polar surface area (TPSA) is 88.2 Å². The summed E-state index contributed by atoms with van der Waals surface area (Å²) in [6.07, 6.45) is -4.85. The van der Waals surface area contributed by atoms with Gasteiger partial charge in [0, 0.05) is 26.2 Å². The summed E-state index contributed by atoms with van der Waals surface area (Å²) in [6.45, 7) is 1.02. The first-order valence-electron chi connectivity index (χ1n) is 9.60. The molecule has 32 heavy (non-hydrogen) atoms. The Kier molecular flexibility index (Phi) is 7.26. The number of carbonyl (C=O) groups excluding carboxylic acids is 1. The van der Waals surface area contributed by atoms with Gasteiger partial charge in [-0.15, -0.1) is 13.2 Å². The van der Waals surface area contributed by atoms with Crippen molar-refractivity contribution < 1.29 is 35.9 Å². The maximum atomic E-state index is 12.8. The van der Waals surface area contributed by atoms with Crippen molar-refractivity contribution in [1.82, 2.24) is 9.21 Å². The van der Waals surface area contributed by atoms with Crippen LogP contribution in [0.3, 0.4) is 0 Å². The van der Waals surface area contributed by atoms with E-state index in [1.807, 2.05) is 4.90 Å². The van der Waals surface area contributed by atoms with E-state index in [2.05, 4.69) is 10.1 Å². The first-order valence-corrected chi connectivity index (χ1v) is 11.0. The average Bonchev–Trinajstić information content (AvgIpc) is 2.73. The number of hydrogen-bond acceptors (Lipinski definition) is 6. The van der Waals surface area contributed by atoms with Gasteiger partial charge in [-0.2, -0.15) is 4.31 Å². The van der Waals surface area contributed by atoms with Gasteiger partial charge in [-0.1, -0.05) is 12.1 Å². The summed E-state index contributed by atoms with van der Waals surface area (Å²) in [6, 6.07) is 11.0. The van der Waals surface area contributed by atoms with Crippen LogP contribution in [0.15, 0.2) is 53.4 Å². The molecule has 1 saturated heterocycles. The maximum Gasteiger partial charge on any atom is 0.573 e. The van der Waals surface area contributed by atoms with Gasteiger partial charge in [0.15, 0.2) is 0 Å². The third-order valence-corrected chi connectivity index (χ3v) is 6.69. The number of nitrogens with zero attached hydrogens (tertiary/aromatic N) is 2. The summed E-state index contributed by atoms with van der Waals surface area (Å²) >= 11 is 0. The summed E-state index contributed by atoms with van der Waals surface area (Å²) in [7, 11) is -2.38. The van der Waals surface area contributed by atoms with Crippen LogP contribution in [0.4, 0.5) is 18.9 Å². The number of piperazine rings is 1. The Bertz CT molecular complexity index is 1040. The van der Waals surface area contributed by atoms with Crippen molar-refractivity contribution in [3.05, 3.63) is 48.5 Å². The zero-order valence-corrected chi connectivity index (χ0v) is 17.9. The van der Waals surface area contributed by atoms with E-state index in [1.165, 1.54) is 11.4 Å². The van der Waals surface area contributed by atoms with Crippen LogP contribution in [0, 0.1) is 0 Å². The van der Waals surface area contributed by atoms with E-state index in [-0.39, 0.29) is 30.4 Å². The molecule has 2 aromatic rings. The van der Waals surface area contributed by atoms with Crippen LogP contribution >= 0.6 is 0 Å². The highest BCUT2D eigenvalue weighted by Crippen LogP contribution is 2.26. The number of benzene rings is 2. The van der Waals surface area contributed by atoms with Crippen molar-refractivity contribution in [2.24, 2.45) is 0 Å². The maximum absolute atomic E-state index is 12.8. The summed E-state index contributed by atoms with van der Waals surface area (Å²) in [4.78, 5) is 14.0. The first-order chi connectivity index (χ1) is 15.1. The van der Waals surface area contributed by atoms with Gasteiger partial charge in [-0.3, -0.25) is 9.69 Å². The number of rotatable bonds is 7. The molecule has 1 aliphatic heterocycles. The quantitative estimate of drug-likeness (QED) is 0.665. The van der Waals surface area contributed by atoms with Crippen LogP contribution in [-0.2, 0) is 14.8 Å². The molecular formula is C20H22F3N3O5S. The van der Waals surface area contributed by atoms with E-state index in [4.69, 9.17) is 4.74 Å². The molecule has 8 nitrogen and oxygen atoms in total. The largest absolute Gasteiger partial charge is 0.573 e. The Morgan fingerprint density at radius 1 is 1.03 bits per heavy atom. The molecule has 0 atom stereocenters. The number of ether oxygens (including phenoxy) is 2. The number of hydrogen-bond donors (Lipinski definition) is 1. The fourth-order valence-electron chi connectivity index (χ4n) is 3.23. The molecule has 0 spiro atoms. The van der Waals surface area contributed by atoms with Crippen LogP contribution in [0.2, 0.25) is 0 Å². The lowest BCUT2D eigenvalue weighted by molar-refractivity contribution is -0.274. The molecule has 174 valence electrons. The van der Waals surface area contributed by atoms with E-state index in [0.29, 0.717) is 24.5 Å². The van der Waals surface area contributed by atoms with Crippen LogP contribution in [-0.4, -0.2) is 69.7 Å². The van der Waals surface area contributed by atoms with Crippen molar-refractivity contribution in [2.75, 3.05) is 45.2 Å². The number of sulfonamides is 1. The van der Waals surface area contributed by atoms with Crippen molar-refractivity contribution in [1.29, 1.82) is 0 Å². The van der Waals surface area contributed by atoms with E-state index >= 15 is 0 Å². The number of nitrogens with one attached hydrogen (secondary N) is 1. The van der Waals surface area contributed by atoms with E-state index in [1.54, 1.807) is 24.3 Å². The lowest BCUT2D eigenvalue weighted by atomic mass is 10.3. The molecule has 0 bridgehead atoms. The Balaban J connectivity index is 1.55. The van der Waals surface area contributed by atoms with E-state index in [9.17, 15) is 26.4 Å². The summed E-state index contributed by atoms with van der Waals surface area (Å²) in [5.74, 6) is -0.225. The third kappa shape index (κ3) is 6.11. The van der Waals surface area contributed by atoms with Gasteiger partial charge >= 0.3 is 6.36 Å². The second-order valence-corrected chi connectivity index (χ2v) is 8.89. The molecule has 1 amide bonds. The number of amides is 1.